The van der Waals surface area contributed by atoms with Crippen LogP contribution in [0.15, 0.2) is 4.99 Å². The summed E-state index contributed by atoms with van der Waals surface area (Å²) in [5.74, 6) is 3.00. The van der Waals surface area contributed by atoms with Crippen LogP contribution in [-0.4, -0.2) is 48.6 Å². The summed E-state index contributed by atoms with van der Waals surface area (Å²) in [7, 11) is 2.34. The van der Waals surface area contributed by atoms with Gasteiger partial charge < -0.3 is 15.5 Å². The van der Waals surface area contributed by atoms with Crippen molar-refractivity contribution in [2.45, 2.75) is 102 Å². The van der Waals surface area contributed by atoms with E-state index >= 15 is 0 Å². The van der Waals surface area contributed by atoms with Gasteiger partial charge in [-0.3, -0.25) is 4.99 Å². The summed E-state index contributed by atoms with van der Waals surface area (Å²) in [6, 6.07) is 2.86. The maximum absolute atomic E-state index is 4.77. The Kier molecular flexibility index (Phi) is 5.54. The molecule has 0 aromatic heterocycles. The van der Waals surface area contributed by atoms with Crippen molar-refractivity contribution >= 4 is 5.96 Å². The summed E-state index contributed by atoms with van der Waals surface area (Å²) < 4.78 is 0. The Morgan fingerprint density at radius 1 is 0.920 bits per heavy atom. The molecule has 2 heterocycles. The molecule has 4 heteroatoms. The van der Waals surface area contributed by atoms with Crippen molar-refractivity contribution in [1.29, 1.82) is 0 Å². The minimum absolute atomic E-state index is 0.608. The van der Waals surface area contributed by atoms with Crippen molar-refractivity contribution in [3.05, 3.63) is 0 Å². The lowest BCUT2D eigenvalue weighted by molar-refractivity contribution is 0.0526. The second-order valence-electron chi connectivity index (χ2n) is 9.09. The Bertz CT molecular complexity index is 457. The molecule has 4 nitrogen and oxygen atoms in total. The molecule has 25 heavy (non-hydrogen) atoms. The number of aliphatic imine (C=N–C) groups is 1. The second kappa shape index (κ2) is 7.85. The molecule has 0 amide bonds. The Balaban J connectivity index is 1.29. The van der Waals surface area contributed by atoms with Crippen LogP contribution in [0.5, 0.6) is 0 Å². The fraction of sp³-hybridized carbons (Fsp3) is 0.952. The van der Waals surface area contributed by atoms with Crippen molar-refractivity contribution < 1.29 is 0 Å². The molecule has 2 saturated heterocycles. The molecule has 4 unspecified atom stereocenters. The molecule has 142 valence electrons. The lowest BCUT2D eigenvalue weighted by atomic mass is 9.82. The van der Waals surface area contributed by atoms with Gasteiger partial charge in [-0.25, -0.2) is 0 Å². The topological polar surface area (TPSA) is 39.7 Å². The average molecular weight is 347 g/mol. The smallest absolute Gasteiger partial charge is 0.191 e. The van der Waals surface area contributed by atoms with Gasteiger partial charge in [0.15, 0.2) is 5.96 Å². The van der Waals surface area contributed by atoms with E-state index in [1.54, 1.807) is 0 Å². The average Bonchev–Trinajstić information content (AvgIpc) is 3.36. The molecule has 2 N–H and O–H groups in total. The van der Waals surface area contributed by atoms with Gasteiger partial charge in [-0.2, -0.15) is 0 Å². The summed E-state index contributed by atoms with van der Waals surface area (Å²) in [6.45, 7) is 3.02. The van der Waals surface area contributed by atoms with E-state index in [4.69, 9.17) is 4.99 Å². The predicted molar refractivity (Wildman–Crippen MR) is 105 cm³/mol. The summed E-state index contributed by atoms with van der Waals surface area (Å²) in [5, 5.41) is 7.60. The van der Waals surface area contributed by atoms with Gasteiger partial charge in [-0.15, -0.1) is 0 Å². The zero-order valence-corrected chi connectivity index (χ0v) is 16.3. The monoisotopic (exact) mass is 346 g/mol. The van der Waals surface area contributed by atoms with Crippen LogP contribution < -0.4 is 10.6 Å². The fourth-order valence-electron chi connectivity index (χ4n) is 5.86. The fourth-order valence-corrected chi connectivity index (χ4v) is 5.86. The molecule has 0 radical (unpaired) electrons. The van der Waals surface area contributed by atoms with E-state index in [1.165, 1.54) is 70.6 Å². The molecule has 4 aliphatic rings. The molecular formula is C21H38N4. The molecule has 2 aliphatic heterocycles. The molecule has 0 aromatic carbocycles. The standard InChI is InChI=1S/C21H38N4/c1-3-22-21(24-20-14-19(20)15-8-5-4-6-9-15)23-16-12-17-10-7-11-18(13-16)25(17)2/h15-20H,3-14H2,1-2H3,(H2,22,23,24). The number of fused-ring (bicyclic) bond motifs is 2. The number of guanidine groups is 1. The third-order valence-corrected chi connectivity index (χ3v) is 7.41. The summed E-state index contributed by atoms with van der Waals surface area (Å²) >= 11 is 0. The quantitative estimate of drug-likeness (QED) is 0.604. The second-order valence-corrected chi connectivity index (χ2v) is 9.09. The molecule has 4 atom stereocenters. The van der Waals surface area contributed by atoms with Crippen molar-refractivity contribution in [2.24, 2.45) is 16.8 Å². The van der Waals surface area contributed by atoms with Crippen LogP contribution in [0.3, 0.4) is 0 Å². The van der Waals surface area contributed by atoms with Crippen LogP contribution in [0.25, 0.3) is 0 Å². The Hall–Kier alpha value is -0.770. The first-order valence-electron chi connectivity index (χ1n) is 11.0. The third-order valence-electron chi connectivity index (χ3n) is 7.41. The van der Waals surface area contributed by atoms with Gasteiger partial charge in [0.2, 0.25) is 0 Å². The van der Waals surface area contributed by atoms with E-state index < -0.39 is 0 Å². The van der Waals surface area contributed by atoms with E-state index in [0.717, 1.165) is 36.4 Å². The van der Waals surface area contributed by atoms with Crippen LogP contribution in [0.1, 0.15) is 77.6 Å². The molecule has 2 bridgehead atoms. The molecular weight excluding hydrogens is 308 g/mol. The van der Waals surface area contributed by atoms with Crippen LogP contribution in [0, 0.1) is 11.8 Å². The first-order chi connectivity index (χ1) is 12.2. The predicted octanol–water partition coefficient (Wildman–Crippen LogP) is 3.53. The molecule has 4 fully saturated rings. The van der Waals surface area contributed by atoms with Gasteiger partial charge in [0, 0.05) is 30.7 Å². The largest absolute Gasteiger partial charge is 0.354 e. The number of piperidine rings is 2. The lowest BCUT2D eigenvalue weighted by Crippen LogP contribution is -2.57. The van der Waals surface area contributed by atoms with E-state index in [2.05, 4.69) is 29.5 Å². The number of hydrogen-bond acceptors (Lipinski definition) is 2. The van der Waals surface area contributed by atoms with Crippen molar-refractivity contribution in [2.75, 3.05) is 13.6 Å². The van der Waals surface area contributed by atoms with Crippen LogP contribution in [-0.2, 0) is 0 Å². The van der Waals surface area contributed by atoms with E-state index in [-0.39, 0.29) is 0 Å². The molecule has 0 spiro atoms. The number of nitrogens with zero attached hydrogens (tertiary/aromatic N) is 2. The minimum Gasteiger partial charge on any atom is -0.354 e. The zero-order valence-electron chi connectivity index (χ0n) is 16.3. The van der Waals surface area contributed by atoms with Gasteiger partial charge in [0.25, 0.3) is 0 Å². The summed E-state index contributed by atoms with van der Waals surface area (Å²) in [6.07, 6.45) is 15.4. The summed E-state index contributed by atoms with van der Waals surface area (Å²) in [5.41, 5.74) is 0. The van der Waals surface area contributed by atoms with Crippen LogP contribution >= 0.6 is 0 Å². The highest BCUT2D eigenvalue weighted by atomic mass is 15.2. The molecule has 2 aliphatic carbocycles. The van der Waals surface area contributed by atoms with Gasteiger partial charge in [0.1, 0.15) is 0 Å². The Morgan fingerprint density at radius 3 is 2.32 bits per heavy atom. The van der Waals surface area contributed by atoms with Crippen molar-refractivity contribution in [3.8, 4) is 0 Å². The SMILES string of the molecule is CCN=C(NC1CC2CCCC(C1)N2C)NC1CC1C1CCCCC1. The van der Waals surface area contributed by atoms with Crippen LogP contribution in [0.4, 0.5) is 0 Å². The highest BCUT2D eigenvalue weighted by Gasteiger charge is 2.44. The minimum atomic E-state index is 0.608. The maximum atomic E-state index is 4.77. The number of rotatable bonds is 4. The van der Waals surface area contributed by atoms with E-state index in [0.29, 0.717) is 12.1 Å². The summed E-state index contributed by atoms with van der Waals surface area (Å²) in [4.78, 5) is 7.42. The Morgan fingerprint density at radius 2 is 1.64 bits per heavy atom. The van der Waals surface area contributed by atoms with Gasteiger partial charge in [-0.1, -0.05) is 38.5 Å². The lowest BCUT2D eigenvalue weighted by Gasteiger charge is -2.47. The number of hydrogen-bond donors (Lipinski definition) is 2. The van der Waals surface area contributed by atoms with Gasteiger partial charge in [0.05, 0.1) is 0 Å². The first-order valence-corrected chi connectivity index (χ1v) is 11.0. The third kappa shape index (κ3) is 4.15. The van der Waals surface area contributed by atoms with E-state index in [9.17, 15) is 0 Å². The zero-order chi connectivity index (χ0) is 17.2. The first kappa shape index (κ1) is 17.6. The molecule has 0 aromatic rings. The number of nitrogens with one attached hydrogen (secondary N) is 2. The normalized spacial score (nSPS) is 39.9. The molecule has 4 rings (SSSR count). The van der Waals surface area contributed by atoms with E-state index in [1.807, 2.05) is 0 Å². The highest BCUT2D eigenvalue weighted by molar-refractivity contribution is 5.80. The van der Waals surface area contributed by atoms with Gasteiger partial charge >= 0.3 is 0 Å². The van der Waals surface area contributed by atoms with Crippen molar-refractivity contribution in [3.63, 3.8) is 0 Å². The van der Waals surface area contributed by atoms with Gasteiger partial charge in [-0.05, 0) is 57.9 Å². The Labute approximate surface area is 154 Å². The van der Waals surface area contributed by atoms with Crippen molar-refractivity contribution in [1.82, 2.24) is 15.5 Å². The highest BCUT2D eigenvalue weighted by Crippen LogP contribution is 2.44. The maximum Gasteiger partial charge on any atom is 0.191 e. The van der Waals surface area contributed by atoms with Crippen LogP contribution in [0.2, 0.25) is 0 Å². The molecule has 2 saturated carbocycles.